The van der Waals surface area contributed by atoms with Crippen LogP contribution in [0.1, 0.15) is 19.8 Å². The van der Waals surface area contributed by atoms with Gasteiger partial charge in [-0.3, -0.25) is 0 Å². The minimum Gasteiger partial charge on any atom is -0.0588 e. The van der Waals surface area contributed by atoms with E-state index in [4.69, 9.17) is 0 Å². The van der Waals surface area contributed by atoms with Crippen LogP contribution in [0, 0.1) is 35.0 Å². The van der Waals surface area contributed by atoms with Crippen LogP contribution >= 0.6 is 0 Å². The van der Waals surface area contributed by atoms with Crippen LogP contribution in [0.4, 0.5) is 0 Å². The van der Waals surface area contributed by atoms with Crippen molar-refractivity contribution in [3.63, 3.8) is 0 Å². The van der Waals surface area contributed by atoms with Crippen molar-refractivity contribution >= 4 is 0 Å². The molecule has 0 radical (unpaired) electrons. The molecule has 0 aromatic heterocycles. The molecule has 0 amide bonds. The molecule has 0 N–H and O–H groups in total. The first-order chi connectivity index (χ1) is 4.33. The Bertz CT molecular complexity index is 188. The van der Waals surface area contributed by atoms with Gasteiger partial charge >= 0.3 is 0 Å². The fraction of sp³-hybridized carbons (Fsp3) is 1.00. The smallest absolute Gasteiger partial charge is 0.0230 e. The molecule has 4 aliphatic carbocycles. The summed E-state index contributed by atoms with van der Waals surface area (Å²) in [6.45, 7) is 2.56. The average Bonchev–Trinajstić information content (AvgIpc) is 2.62. The predicted molar refractivity (Wildman–Crippen MR) is 34.8 cm³/mol. The van der Waals surface area contributed by atoms with E-state index >= 15 is 0 Å². The molecule has 0 heterocycles. The zero-order chi connectivity index (χ0) is 5.80. The summed E-state index contributed by atoms with van der Waals surface area (Å²) < 4.78 is 0. The number of fused-ring (bicyclic) bond motifs is 2. The Labute approximate surface area is 55.6 Å². The van der Waals surface area contributed by atoms with Gasteiger partial charge < -0.3 is 0 Å². The third-order valence-electron chi connectivity index (χ3n) is 5.08. The molecule has 0 spiro atoms. The molecule has 4 fully saturated rings. The highest BCUT2D eigenvalue weighted by Crippen LogP contribution is 2.90. The van der Waals surface area contributed by atoms with Crippen molar-refractivity contribution in [2.24, 2.45) is 35.0 Å². The van der Waals surface area contributed by atoms with E-state index in [1.165, 1.54) is 29.6 Å². The fourth-order valence-electron chi connectivity index (χ4n) is 4.65. The molecule has 9 heavy (non-hydrogen) atoms. The second kappa shape index (κ2) is 0.741. The summed E-state index contributed by atoms with van der Waals surface area (Å²) in [6, 6.07) is 0. The van der Waals surface area contributed by atoms with E-state index in [-0.39, 0.29) is 0 Å². The lowest BCUT2D eigenvalue weighted by Crippen LogP contribution is -1.95. The predicted octanol–water partition coefficient (Wildman–Crippen LogP) is 1.91. The monoisotopic (exact) mass is 120 g/mol. The zero-order valence-corrected chi connectivity index (χ0v) is 5.80. The molecular weight excluding hydrogens is 108 g/mol. The van der Waals surface area contributed by atoms with E-state index in [0.29, 0.717) is 0 Å². The Morgan fingerprint density at radius 1 is 1.11 bits per heavy atom. The van der Waals surface area contributed by atoms with Gasteiger partial charge in [-0.15, -0.1) is 0 Å². The molecule has 0 saturated heterocycles. The minimum absolute atomic E-state index is 0.926. The fourth-order valence-corrected chi connectivity index (χ4v) is 4.65. The van der Waals surface area contributed by atoms with Crippen molar-refractivity contribution in [3.05, 3.63) is 0 Å². The van der Waals surface area contributed by atoms with Crippen molar-refractivity contribution in [1.29, 1.82) is 0 Å². The standard InChI is InChI=1S/C9H12/c1-9-6-2-4-5(8(4)9)3-7(6)9/h4-8H,2-3H2,1H3. The van der Waals surface area contributed by atoms with Gasteiger partial charge in [0, 0.05) is 0 Å². The van der Waals surface area contributed by atoms with Gasteiger partial charge in [-0.25, -0.2) is 0 Å². The molecule has 4 saturated carbocycles. The highest BCUT2D eigenvalue weighted by atomic mass is 14.9. The Balaban J connectivity index is 2.03. The van der Waals surface area contributed by atoms with Crippen molar-refractivity contribution in [3.8, 4) is 0 Å². The summed E-state index contributed by atoms with van der Waals surface area (Å²) in [5, 5.41) is 0. The topological polar surface area (TPSA) is 0 Å². The van der Waals surface area contributed by atoms with Gasteiger partial charge in [-0.1, -0.05) is 6.92 Å². The summed E-state index contributed by atoms with van der Waals surface area (Å²) in [6.07, 6.45) is 3.27. The molecule has 0 heteroatoms. The molecule has 48 valence electrons. The molecule has 0 aliphatic heterocycles. The van der Waals surface area contributed by atoms with Gasteiger partial charge in [-0.2, -0.15) is 0 Å². The summed E-state index contributed by atoms with van der Waals surface area (Å²) in [7, 11) is 0. The second-order valence-electron chi connectivity index (χ2n) is 4.90. The Morgan fingerprint density at radius 3 is 1.78 bits per heavy atom. The highest BCUT2D eigenvalue weighted by Gasteiger charge is 2.85. The Morgan fingerprint density at radius 2 is 1.67 bits per heavy atom. The third-order valence-corrected chi connectivity index (χ3v) is 5.08. The van der Waals surface area contributed by atoms with Crippen LogP contribution in [0.15, 0.2) is 0 Å². The largest absolute Gasteiger partial charge is 0.0588 e. The summed E-state index contributed by atoms with van der Waals surface area (Å²) >= 11 is 0. The van der Waals surface area contributed by atoms with Crippen LogP contribution in [0.25, 0.3) is 0 Å². The maximum Gasteiger partial charge on any atom is -0.0230 e. The number of hydrogen-bond donors (Lipinski definition) is 0. The maximum atomic E-state index is 2.56. The lowest BCUT2D eigenvalue weighted by atomic mass is 10.0. The van der Waals surface area contributed by atoms with Gasteiger partial charge in [-0.05, 0) is 47.8 Å². The molecule has 0 aromatic carbocycles. The van der Waals surface area contributed by atoms with Crippen molar-refractivity contribution in [1.82, 2.24) is 0 Å². The van der Waals surface area contributed by atoms with Gasteiger partial charge in [0.05, 0.1) is 0 Å². The maximum absolute atomic E-state index is 2.56. The Kier molecular flexibility index (Phi) is 0.329. The van der Waals surface area contributed by atoms with E-state index in [2.05, 4.69) is 6.92 Å². The first-order valence-corrected chi connectivity index (χ1v) is 4.33. The normalized spacial score (nSPS) is 87.0. The van der Waals surface area contributed by atoms with Crippen molar-refractivity contribution in [2.45, 2.75) is 19.8 Å². The van der Waals surface area contributed by atoms with Gasteiger partial charge in [0.15, 0.2) is 0 Å². The van der Waals surface area contributed by atoms with E-state index in [0.717, 1.165) is 5.41 Å². The van der Waals surface area contributed by atoms with Crippen LogP contribution < -0.4 is 0 Å². The molecule has 4 rings (SSSR count). The molecule has 0 aromatic rings. The number of hydrogen-bond acceptors (Lipinski definition) is 0. The van der Waals surface area contributed by atoms with Gasteiger partial charge in [0.2, 0.25) is 0 Å². The van der Waals surface area contributed by atoms with Crippen LogP contribution in [-0.4, -0.2) is 0 Å². The lowest BCUT2D eigenvalue weighted by Gasteiger charge is -2.04. The molecule has 0 bridgehead atoms. The van der Waals surface area contributed by atoms with Gasteiger partial charge in [0.1, 0.15) is 0 Å². The Hall–Kier alpha value is 0. The number of rotatable bonds is 0. The van der Waals surface area contributed by atoms with Gasteiger partial charge in [0.25, 0.3) is 0 Å². The summed E-state index contributed by atoms with van der Waals surface area (Å²) in [5.74, 6) is 6.16. The van der Waals surface area contributed by atoms with E-state index in [9.17, 15) is 0 Å². The lowest BCUT2D eigenvalue weighted by molar-refractivity contribution is 0.457. The van der Waals surface area contributed by atoms with Crippen LogP contribution in [0.2, 0.25) is 0 Å². The SMILES string of the molecule is CC12C3CC4C(CC31)C42. The third kappa shape index (κ3) is 0.199. The van der Waals surface area contributed by atoms with Crippen LogP contribution in [-0.2, 0) is 0 Å². The first kappa shape index (κ1) is 4.00. The summed E-state index contributed by atoms with van der Waals surface area (Å²) in [5.41, 5.74) is 0.926. The minimum atomic E-state index is 0.926. The van der Waals surface area contributed by atoms with Crippen LogP contribution in [0.5, 0.6) is 0 Å². The van der Waals surface area contributed by atoms with Crippen molar-refractivity contribution < 1.29 is 0 Å². The second-order valence-corrected chi connectivity index (χ2v) is 4.90. The molecular formula is C9H12. The first-order valence-electron chi connectivity index (χ1n) is 4.33. The zero-order valence-electron chi connectivity index (χ0n) is 5.80. The van der Waals surface area contributed by atoms with E-state index in [1.807, 2.05) is 0 Å². The highest BCUT2D eigenvalue weighted by molar-refractivity contribution is 5.33. The molecule has 4 atom stereocenters. The summed E-state index contributed by atoms with van der Waals surface area (Å²) in [4.78, 5) is 0. The molecule has 0 nitrogen and oxygen atoms in total. The quantitative estimate of drug-likeness (QED) is 0.458. The molecule has 4 unspecified atom stereocenters. The van der Waals surface area contributed by atoms with Crippen molar-refractivity contribution in [2.75, 3.05) is 0 Å². The van der Waals surface area contributed by atoms with E-state index < -0.39 is 0 Å². The average molecular weight is 120 g/mol. The van der Waals surface area contributed by atoms with E-state index in [1.54, 1.807) is 12.8 Å². The van der Waals surface area contributed by atoms with Crippen LogP contribution in [0.3, 0.4) is 0 Å². The molecule has 4 aliphatic rings.